The summed E-state index contributed by atoms with van der Waals surface area (Å²) in [4.78, 5) is 67.7. The van der Waals surface area contributed by atoms with Gasteiger partial charge in [-0.3, -0.25) is 4.99 Å². The van der Waals surface area contributed by atoms with Crippen LogP contribution < -0.4 is 20.7 Å². The quantitative estimate of drug-likeness (QED) is 0.186. The van der Waals surface area contributed by atoms with E-state index in [4.69, 9.17) is 18.9 Å². The van der Waals surface area contributed by atoms with Gasteiger partial charge in [0, 0.05) is 11.8 Å². The number of rotatable bonds is 7. The van der Waals surface area contributed by atoms with Crippen molar-refractivity contribution in [1.82, 2.24) is 9.97 Å². The molecule has 0 saturated carbocycles. The van der Waals surface area contributed by atoms with Crippen molar-refractivity contribution in [3.63, 3.8) is 0 Å². The van der Waals surface area contributed by atoms with Crippen LogP contribution in [0.5, 0.6) is 0 Å². The van der Waals surface area contributed by atoms with Gasteiger partial charge in [0.1, 0.15) is 0 Å². The fourth-order valence-electron chi connectivity index (χ4n) is 4.02. The normalized spacial score (nSPS) is 17.1. The van der Waals surface area contributed by atoms with Crippen LogP contribution in [0.4, 0.5) is 0 Å². The van der Waals surface area contributed by atoms with E-state index in [1.165, 1.54) is 52.9 Å². The molecule has 2 aromatic rings. The third-order valence-corrected chi connectivity index (χ3v) is 6.05. The van der Waals surface area contributed by atoms with Gasteiger partial charge in [0.15, 0.2) is 0 Å². The summed E-state index contributed by atoms with van der Waals surface area (Å²) in [7, 11) is 4.91. The molecular weight excluding hydrogens is 587 g/mol. The number of carbonyl (C=O) groups excluding carboxylic acids is 4. The van der Waals surface area contributed by atoms with Gasteiger partial charge in [-0.15, -0.1) is 22.1 Å². The summed E-state index contributed by atoms with van der Waals surface area (Å²) in [6, 6.07) is 6.18. The van der Waals surface area contributed by atoms with Gasteiger partial charge in [-0.2, -0.15) is 0 Å². The maximum atomic E-state index is 12.9. The number of carbonyl (C=O) groups is 4. The molecule has 42 heavy (non-hydrogen) atoms. The molecule has 0 radical (unpaired) electrons. The molecule has 2 aliphatic rings. The maximum Gasteiger partial charge on any atom is 3.00 e. The van der Waals surface area contributed by atoms with Crippen LogP contribution in [0.1, 0.15) is 18.3 Å². The first-order valence-electron chi connectivity index (χ1n) is 12.0. The van der Waals surface area contributed by atoms with Crippen LogP contribution in [-0.2, 0) is 55.2 Å². The number of hydrogen-bond donors (Lipinski definition) is 0. The number of ether oxygens (including phenoxy) is 4. The van der Waals surface area contributed by atoms with Crippen molar-refractivity contribution in [3.8, 4) is 0 Å². The van der Waals surface area contributed by atoms with Crippen LogP contribution in [0.2, 0.25) is 0 Å². The molecule has 0 aliphatic carbocycles. The first-order valence-corrected chi connectivity index (χ1v) is 12.0. The van der Waals surface area contributed by atoms with E-state index in [2.05, 4.69) is 20.0 Å². The average Bonchev–Trinajstić information content (AvgIpc) is 3.81. The van der Waals surface area contributed by atoms with E-state index in [-0.39, 0.29) is 67.5 Å². The minimum absolute atomic E-state index is 0. The van der Waals surface area contributed by atoms with E-state index in [1.807, 2.05) is 0 Å². The van der Waals surface area contributed by atoms with Crippen LogP contribution >= 0.6 is 0 Å². The zero-order valence-corrected chi connectivity index (χ0v) is 24.3. The van der Waals surface area contributed by atoms with Crippen molar-refractivity contribution >= 4 is 58.1 Å². The van der Waals surface area contributed by atoms with Gasteiger partial charge in [0.05, 0.1) is 62.3 Å². The molecule has 4 heterocycles. The van der Waals surface area contributed by atoms with Crippen LogP contribution in [0.25, 0.3) is 22.3 Å². The van der Waals surface area contributed by atoms with Gasteiger partial charge in [-0.1, -0.05) is 24.3 Å². The van der Waals surface area contributed by atoms with Crippen molar-refractivity contribution in [3.05, 3.63) is 82.0 Å². The largest absolute Gasteiger partial charge is 3.00 e. The number of allylic oxidation sites excluding steroid dienone is 4. The van der Waals surface area contributed by atoms with E-state index >= 15 is 0 Å². The molecule has 0 N–H and O–H groups in total. The third kappa shape index (κ3) is 6.17. The summed E-state index contributed by atoms with van der Waals surface area (Å²) >= 11 is 0. The Labute approximate surface area is 250 Å². The van der Waals surface area contributed by atoms with Crippen LogP contribution in [0, 0.1) is 0 Å². The number of methoxy groups -OCH3 is 4. The Morgan fingerprint density at radius 2 is 1.19 bits per heavy atom. The van der Waals surface area contributed by atoms with Gasteiger partial charge in [0.25, 0.3) is 0 Å². The Morgan fingerprint density at radius 1 is 0.643 bits per heavy atom. The van der Waals surface area contributed by atoms with E-state index < -0.39 is 23.9 Å². The Hall–Kier alpha value is -5.00. The molecule has 0 amide bonds. The molecular formula is C29H24MnN4O8+. The molecule has 12 nitrogen and oxygen atoms in total. The van der Waals surface area contributed by atoms with Gasteiger partial charge < -0.3 is 28.9 Å². The third-order valence-electron chi connectivity index (χ3n) is 6.05. The molecule has 0 spiro atoms. The second-order valence-corrected chi connectivity index (χ2v) is 8.39. The molecule has 2 aliphatic heterocycles. The van der Waals surface area contributed by atoms with Crippen LogP contribution in [0.3, 0.4) is 0 Å². The first-order chi connectivity index (χ1) is 19.7. The number of aromatic nitrogens is 2. The molecule has 0 atom stereocenters. The Bertz CT molecular complexity index is 1750. The zero-order chi connectivity index (χ0) is 29.7. The molecule has 0 aromatic carbocycles. The molecule has 4 rings (SSSR count). The second kappa shape index (κ2) is 13.6. The predicted octanol–water partition coefficient (Wildman–Crippen LogP) is 0.386. The molecule has 0 fully saturated rings. The molecule has 13 heteroatoms. The topological polar surface area (TPSA) is 158 Å². The van der Waals surface area contributed by atoms with Gasteiger partial charge in [0.2, 0.25) is 0 Å². The Kier molecular flexibility index (Phi) is 10.2. The van der Waals surface area contributed by atoms with Gasteiger partial charge in [-0.05, 0) is 31.2 Å². The molecule has 0 saturated heterocycles. The fraction of sp³-hybridized carbons (Fsp3) is 0.172. The van der Waals surface area contributed by atoms with E-state index in [1.54, 1.807) is 37.3 Å². The summed E-state index contributed by atoms with van der Waals surface area (Å²) in [6.07, 6.45) is 7.85. The minimum Gasteiger partial charge on any atom is -0.657 e. The number of aliphatic imine (C=N–C) groups is 2. The molecule has 0 unspecified atom stereocenters. The molecule has 214 valence electrons. The van der Waals surface area contributed by atoms with Gasteiger partial charge >= 0.3 is 40.9 Å². The van der Waals surface area contributed by atoms with E-state index in [0.29, 0.717) is 11.0 Å². The van der Waals surface area contributed by atoms with Crippen molar-refractivity contribution in [2.75, 3.05) is 28.4 Å². The van der Waals surface area contributed by atoms with E-state index in [0.717, 1.165) is 0 Å². The van der Waals surface area contributed by atoms with Crippen LogP contribution in [0.15, 0.2) is 69.9 Å². The number of nitrogens with zero attached hydrogens (tertiary/aromatic N) is 4. The minimum atomic E-state index is -0.748. The Morgan fingerprint density at radius 3 is 1.74 bits per heavy atom. The maximum absolute atomic E-state index is 12.9. The van der Waals surface area contributed by atoms with Crippen molar-refractivity contribution < 1.29 is 55.2 Å². The van der Waals surface area contributed by atoms with Gasteiger partial charge in [-0.25, -0.2) is 24.2 Å². The summed E-state index contributed by atoms with van der Waals surface area (Å²) in [6.45, 7) is 1.55. The first kappa shape index (κ1) is 31.5. The monoisotopic (exact) mass is 611 g/mol. The van der Waals surface area contributed by atoms with Crippen LogP contribution in [-0.4, -0.2) is 64.2 Å². The average molecular weight is 611 g/mol. The second-order valence-electron chi connectivity index (χ2n) is 8.39. The fourth-order valence-corrected chi connectivity index (χ4v) is 4.02. The summed E-state index contributed by atoms with van der Waals surface area (Å²) in [5.74, 6) is -2.70. The summed E-state index contributed by atoms with van der Waals surface area (Å²) < 4.78 is 19.6. The smallest absolute Gasteiger partial charge is 0.657 e. The summed E-state index contributed by atoms with van der Waals surface area (Å²) in [5, 5.41) is 0.514. The van der Waals surface area contributed by atoms with Crippen molar-refractivity contribution in [1.29, 1.82) is 0 Å². The van der Waals surface area contributed by atoms with E-state index in [9.17, 15) is 19.2 Å². The summed E-state index contributed by atoms with van der Waals surface area (Å²) in [5.41, 5.74) is 1.41. The van der Waals surface area contributed by atoms with Crippen molar-refractivity contribution in [2.24, 2.45) is 9.98 Å². The number of esters is 4. The predicted molar refractivity (Wildman–Crippen MR) is 147 cm³/mol. The number of hydrogen-bond acceptors (Lipinski definition) is 10. The Balaban J connectivity index is 0.00000484. The van der Waals surface area contributed by atoms with Crippen molar-refractivity contribution in [2.45, 2.75) is 6.92 Å². The molecule has 0 bridgehead atoms. The standard InChI is InChI=1S/C29H25N4O8.Mn/c1-15(26(34)38-2)16-8-9-19(31-16)24(28(36)40-4)20-12-13-22(33-20)25(29(37)41-5)21-11-10-18(32-21)23(27(35)39-3)17-7-6-14-30-17;/h6-14H,1-5H3,(H-,30,31,32,33,34,35,36,37);/q-1;+3/p-1. The SMILES string of the molecule is COC(=O)/C(=C1\C=CC=N1)c1ccc(/C(C(=O)OC)=C2/C=CC(C(/C(=O)OC)=c3/cc/c(=C(/C)C(=O)OC)[n-]3)=N2)[n-]1.[Mn+3]. The molecule has 2 aromatic heterocycles. The zero-order valence-electron chi connectivity index (χ0n) is 23.1.